The maximum atomic E-state index is 12.8. The van der Waals surface area contributed by atoms with Crippen molar-refractivity contribution in [3.8, 4) is 0 Å². The van der Waals surface area contributed by atoms with E-state index in [0.717, 1.165) is 55.0 Å². The molecule has 2 aromatic carbocycles. The van der Waals surface area contributed by atoms with Crippen LogP contribution < -0.4 is 10.2 Å². The predicted molar refractivity (Wildman–Crippen MR) is 126 cm³/mol. The lowest BCUT2D eigenvalue weighted by atomic mass is 10.0. The first-order valence-corrected chi connectivity index (χ1v) is 11.5. The molecule has 0 spiro atoms. The molecule has 3 aliphatic heterocycles. The number of nitrogens with one attached hydrogen (secondary N) is 1. The number of benzene rings is 2. The Morgan fingerprint density at radius 3 is 2.74 bits per heavy atom. The first-order chi connectivity index (χ1) is 15.2. The number of morpholine rings is 1. The van der Waals surface area contributed by atoms with Crippen LogP contribution in [0.15, 0.2) is 58.6 Å². The number of anilines is 2. The van der Waals surface area contributed by atoms with E-state index in [0.29, 0.717) is 0 Å². The highest BCUT2D eigenvalue weighted by Gasteiger charge is 2.34. The third-order valence-corrected chi connectivity index (χ3v) is 6.76. The summed E-state index contributed by atoms with van der Waals surface area (Å²) >= 11 is 1.44. The van der Waals surface area contributed by atoms with Crippen molar-refractivity contribution in [2.24, 2.45) is 10.1 Å². The van der Waals surface area contributed by atoms with E-state index in [9.17, 15) is 4.79 Å². The zero-order valence-corrected chi connectivity index (χ0v) is 18.2. The van der Waals surface area contributed by atoms with Crippen LogP contribution in [0.5, 0.6) is 0 Å². The highest BCUT2D eigenvalue weighted by atomic mass is 32.2. The number of amides is 1. The number of nitrogens with zero attached hydrogens (tertiary/aromatic N) is 4. The molecule has 0 unspecified atom stereocenters. The van der Waals surface area contributed by atoms with Gasteiger partial charge in [-0.05, 0) is 37.3 Å². The van der Waals surface area contributed by atoms with Crippen LogP contribution >= 0.6 is 11.8 Å². The molecule has 0 saturated carbocycles. The fourth-order valence-corrected chi connectivity index (χ4v) is 4.91. The Hall–Kier alpha value is -2.84. The van der Waals surface area contributed by atoms with Gasteiger partial charge in [0, 0.05) is 42.7 Å². The number of hydrogen-bond acceptors (Lipinski definition) is 7. The van der Waals surface area contributed by atoms with Gasteiger partial charge in [0.05, 0.1) is 30.2 Å². The number of hydrazone groups is 1. The molecule has 31 heavy (non-hydrogen) atoms. The van der Waals surface area contributed by atoms with Gasteiger partial charge in [0.15, 0.2) is 5.17 Å². The lowest BCUT2D eigenvalue weighted by Gasteiger charge is -2.30. The molecule has 0 radical (unpaired) electrons. The predicted octanol–water partition coefficient (Wildman–Crippen LogP) is 4.02. The summed E-state index contributed by atoms with van der Waals surface area (Å²) in [4.78, 5) is 19.9. The highest BCUT2D eigenvalue weighted by molar-refractivity contribution is 8.14. The summed E-state index contributed by atoms with van der Waals surface area (Å²) in [5.41, 5.74) is 4.09. The first kappa shape index (κ1) is 20.1. The third-order valence-electron chi connectivity index (χ3n) is 5.70. The van der Waals surface area contributed by atoms with Crippen molar-refractivity contribution in [2.75, 3.05) is 36.5 Å². The number of amidine groups is 1. The van der Waals surface area contributed by atoms with Crippen molar-refractivity contribution in [2.45, 2.75) is 24.6 Å². The monoisotopic (exact) mass is 435 g/mol. The standard InChI is InChI=1S/C23H25N5O2S/c1-16(22(29)25-17-6-8-18(9-7-17)27-12-14-30-15-13-27)31-23-26-20-5-3-2-4-19(20)21-10-11-24-28(21)23/h2-9,11,16,21H,10,12-15H2,1H3,(H,25,29)/t16-,21-/m1/s1. The Kier molecular flexibility index (Phi) is 5.65. The average molecular weight is 436 g/mol. The maximum absolute atomic E-state index is 12.8. The maximum Gasteiger partial charge on any atom is 0.237 e. The fraction of sp³-hybridized carbons (Fsp3) is 0.348. The second-order valence-corrected chi connectivity index (χ2v) is 9.05. The zero-order chi connectivity index (χ0) is 21.2. The number of ether oxygens (including phenoxy) is 1. The van der Waals surface area contributed by atoms with Crippen molar-refractivity contribution in [1.29, 1.82) is 0 Å². The van der Waals surface area contributed by atoms with Crippen LogP contribution in [0.4, 0.5) is 17.1 Å². The summed E-state index contributed by atoms with van der Waals surface area (Å²) < 4.78 is 5.41. The minimum Gasteiger partial charge on any atom is -0.378 e. The molecule has 1 amide bonds. The van der Waals surface area contributed by atoms with Gasteiger partial charge in [-0.3, -0.25) is 4.79 Å². The molecule has 1 N–H and O–H groups in total. The number of carbonyl (C=O) groups excluding carboxylic acids is 1. The largest absolute Gasteiger partial charge is 0.378 e. The summed E-state index contributed by atoms with van der Waals surface area (Å²) in [6.45, 7) is 5.20. The molecule has 7 nitrogen and oxygen atoms in total. The Labute approximate surface area is 186 Å². The van der Waals surface area contributed by atoms with Gasteiger partial charge in [0.25, 0.3) is 0 Å². The molecule has 8 heteroatoms. The zero-order valence-electron chi connectivity index (χ0n) is 17.4. The topological polar surface area (TPSA) is 69.5 Å². The van der Waals surface area contributed by atoms with Crippen LogP contribution in [-0.4, -0.2) is 53.9 Å². The lowest BCUT2D eigenvalue weighted by molar-refractivity contribution is -0.115. The summed E-state index contributed by atoms with van der Waals surface area (Å²) in [5.74, 6) is -0.0505. The Bertz CT molecular complexity index is 1020. The molecule has 3 heterocycles. The quantitative estimate of drug-likeness (QED) is 0.786. The minimum absolute atomic E-state index is 0.0505. The number of carbonyl (C=O) groups is 1. The number of thioether (sulfide) groups is 1. The van der Waals surface area contributed by atoms with E-state index < -0.39 is 0 Å². The highest BCUT2D eigenvalue weighted by Crippen LogP contribution is 2.41. The second-order valence-electron chi connectivity index (χ2n) is 7.74. The average Bonchev–Trinajstić information content (AvgIpc) is 3.31. The number of fused-ring (bicyclic) bond motifs is 3. The van der Waals surface area contributed by atoms with Crippen LogP contribution in [0.25, 0.3) is 0 Å². The van der Waals surface area contributed by atoms with Crippen molar-refractivity contribution in [3.63, 3.8) is 0 Å². The molecule has 0 aromatic heterocycles. The molecule has 1 saturated heterocycles. The minimum atomic E-state index is -0.306. The smallest absolute Gasteiger partial charge is 0.237 e. The second kappa shape index (κ2) is 8.72. The Balaban J connectivity index is 1.24. The van der Waals surface area contributed by atoms with E-state index in [4.69, 9.17) is 9.73 Å². The van der Waals surface area contributed by atoms with Crippen molar-refractivity contribution >= 4 is 46.1 Å². The van der Waals surface area contributed by atoms with Gasteiger partial charge < -0.3 is 15.0 Å². The molecule has 5 rings (SSSR count). The van der Waals surface area contributed by atoms with Gasteiger partial charge in [-0.1, -0.05) is 30.0 Å². The number of aliphatic imine (C=N–C) groups is 1. The number of para-hydroxylation sites is 1. The van der Waals surface area contributed by atoms with Gasteiger partial charge in [0.1, 0.15) is 0 Å². The third kappa shape index (κ3) is 4.18. The molecule has 2 atom stereocenters. The molecule has 3 aliphatic rings. The fourth-order valence-electron chi connectivity index (χ4n) is 4.00. The van der Waals surface area contributed by atoms with Crippen molar-refractivity contribution in [1.82, 2.24) is 5.01 Å². The number of hydrogen-bond donors (Lipinski definition) is 1. The first-order valence-electron chi connectivity index (χ1n) is 10.6. The van der Waals surface area contributed by atoms with Crippen LogP contribution in [0, 0.1) is 0 Å². The normalized spacial score (nSPS) is 20.7. The van der Waals surface area contributed by atoms with Crippen molar-refractivity contribution < 1.29 is 9.53 Å². The molecule has 0 bridgehead atoms. The number of rotatable bonds is 4. The molecule has 160 valence electrons. The van der Waals surface area contributed by atoms with E-state index in [1.54, 1.807) is 0 Å². The summed E-state index contributed by atoms with van der Waals surface area (Å²) in [6, 6.07) is 16.3. The Morgan fingerprint density at radius 2 is 1.94 bits per heavy atom. The SMILES string of the molecule is C[C@@H](SC1=Nc2ccccc2[C@H]2CC=NN12)C(=O)Nc1ccc(N2CCOCC2)cc1. The Morgan fingerprint density at radius 1 is 1.16 bits per heavy atom. The molecule has 1 fully saturated rings. The van der Waals surface area contributed by atoms with E-state index >= 15 is 0 Å². The molecule has 0 aliphatic carbocycles. The van der Waals surface area contributed by atoms with Gasteiger partial charge in [-0.2, -0.15) is 5.10 Å². The van der Waals surface area contributed by atoms with E-state index in [1.165, 1.54) is 17.3 Å². The van der Waals surface area contributed by atoms with Crippen LogP contribution in [0.2, 0.25) is 0 Å². The van der Waals surface area contributed by atoms with Gasteiger partial charge in [-0.15, -0.1) is 0 Å². The van der Waals surface area contributed by atoms with Crippen molar-refractivity contribution in [3.05, 3.63) is 54.1 Å². The van der Waals surface area contributed by atoms with Crippen LogP contribution in [0.3, 0.4) is 0 Å². The summed E-state index contributed by atoms with van der Waals surface area (Å²) in [7, 11) is 0. The van der Waals surface area contributed by atoms with Gasteiger partial charge in [0.2, 0.25) is 5.91 Å². The van der Waals surface area contributed by atoms with E-state index in [1.807, 2.05) is 60.6 Å². The molecular weight excluding hydrogens is 410 g/mol. The summed E-state index contributed by atoms with van der Waals surface area (Å²) in [6.07, 6.45) is 2.77. The van der Waals surface area contributed by atoms with Crippen LogP contribution in [-0.2, 0) is 9.53 Å². The van der Waals surface area contributed by atoms with E-state index in [-0.39, 0.29) is 17.2 Å². The van der Waals surface area contributed by atoms with Crippen LogP contribution in [0.1, 0.15) is 24.9 Å². The molecular formula is C23H25N5O2S. The van der Waals surface area contributed by atoms with Gasteiger partial charge in [-0.25, -0.2) is 10.0 Å². The van der Waals surface area contributed by atoms with Gasteiger partial charge >= 0.3 is 0 Å². The van der Waals surface area contributed by atoms with E-state index in [2.05, 4.69) is 21.4 Å². The lowest BCUT2D eigenvalue weighted by Crippen LogP contribution is -2.36. The molecule has 2 aromatic rings. The summed E-state index contributed by atoms with van der Waals surface area (Å²) in [5, 5.41) is 9.92.